The van der Waals surface area contributed by atoms with Crippen LogP contribution < -0.4 is 9.64 Å². The average Bonchev–Trinajstić information content (AvgIpc) is 3.84. The molecule has 4 unspecified atom stereocenters. The average molecular weight is 738 g/mol. The fourth-order valence-corrected chi connectivity index (χ4v) is 14.7. The van der Waals surface area contributed by atoms with E-state index in [1.807, 2.05) is 11.3 Å². The predicted octanol–water partition coefficient (Wildman–Crippen LogP) is 14.1. The van der Waals surface area contributed by atoms with Gasteiger partial charge in [-0.15, -0.1) is 11.3 Å². The lowest BCUT2D eigenvalue weighted by Crippen LogP contribution is -2.57. The second-order valence-corrected chi connectivity index (χ2v) is 18.7. The molecule has 6 atom stereocenters. The number of anilines is 3. The molecule has 2 nitrogen and oxygen atoms in total. The van der Waals surface area contributed by atoms with E-state index >= 15 is 0 Å². The van der Waals surface area contributed by atoms with Crippen molar-refractivity contribution >= 4 is 48.6 Å². The maximum atomic E-state index is 6.67. The van der Waals surface area contributed by atoms with Crippen LogP contribution in [0, 0.1) is 29.1 Å². The normalized spacial score (nSPS) is 26.1. The number of fused-ring (bicyclic) bond motifs is 12. The highest BCUT2D eigenvalue weighted by molar-refractivity contribution is 7.25. The van der Waals surface area contributed by atoms with Crippen molar-refractivity contribution < 1.29 is 4.74 Å². The highest BCUT2D eigenvalue weighted by Crippen LogP contribution is 2.84. The number of rotatable bonds is 4. The molecule has 4 fully saturated rings. The maximum Gasteiger partial charge on any atom is 0.132 e. The van der Waals surface area contributed by atoms with E-state index < -0.39 is 5.41 Å². The fourth-order valence-electron chi connectivity index (χ4n) is 13.6. The third kappa shape index (κ3) is 3.61. The van der Waals surface area contributed by atoms with Crippen LogP contribution >= 0.6 is 11.3 Å². The lowest BCUT2D eigenvalue weighted by Gasteiger charge is -2.64. The van der Waals surface area contributed by atoms with Crippen molar-refractivity contribution in [1.29, 1.82) is 0 Å². The number of hydrogen-bond acceptors (Lipinski definition) is 3. The Bertz CT molecular complexity index is 2930. The number of benzene rings is 7. The number of ether oxygens (including phenoxy) is 1. The Kier molecular flexibility index (Phi) is 5.78. The van der Waals surface area contributed by atoms with E-state index in [2.05, 4.69) is 163 Å². The van der Waals surface area contributed by atoms with Crippen molar-refractivity contribution in [1.82, 2.24) is 0 Å². The molecule has 6 aliphatic rings. The van der Waals surface area contributed by atoms with Crippen molar-refractivity contribution in [2.75, 3.05) is 4.90 Å². The van der Waals surface area contributed by atoms with Crippen LogP contribution in [0.15, 0.2) is 158 Å². The quantitative estimate of drug-likeness (QED) is 0.178. The molecule has 2 heterocycles. The zero-order valence-electron chi connectivity index (χ0n) is 31.0. The van der Waals surface area contributed by atoms with Crippen molar-refractivity contribution in [3.05, 3.63) is 186 Å². The summed E-state index contributed by atoms with van der Waals surface area (Å²) >= 11 is 1.88. The smallest absolute Gasteiger partial charge is 0.132 e. The van der Waals surface area contributed by atoms with Gasteiger partial charge in [-0.2, -0.15) is 0 Å². The Morgan fingerprint density at radius 3 is 1.96 bits per heavy atom. The monoisotopic (exact) mass is 737 g/mol. The van der Waals surface area contributed by atoms with Crippen LogP contribution in [-0.2, 0) is 5.41 Å². The topological polar surface area (TPSA) is 12.5 Å². The SMILES string of the molecule is c1ccc2c(c1)Oc1ccccc1C21c2ccccc2-c2ccc(N(c3ccc(C4CC56C7C[C@H]5CC4[C@@H]6C7)cc3)c3ccc4sc5ccccc5c4c3)cc21. The summed E-state index contributed by atoms with van der Waals surface area (Å²) < 4.78 is 9.33. The van der Waals surface area contributed by atoms with Crippen LogP contribution in [0.1, 0.15) is 59.4 Å². The fraction of sp³-hybridized carbons (Fsp3) is 0.208. The Morgan fingerprint density at radius 1 is 0.518 bits per heavy atom. The van der Waals surface area contributed by atoms with Crippen LogP contribution in [0.25, 0.3) is 31.3 Å². The first-order valence-electron chi connectivity index (χ1n) is 20.6. The molecule has 1 aliphatic heterocycles. The molecule has 3 heteroatoms. The summed E-state index contributed by atoms with van der Waals surface area (Å²) in [5, 5.41) is 2.64. The largest absolute Gasteiger partial charge is 0.457 e. The van der Waals surface area contributed by atoms with Crippen LogP contribution in [0.2, 0.25) is 0 Å². The van der Waals surface area contributed by atoms with Gasteiger partial charge < -0.3 is 9.64 Å². The molecule has 7 aromatic carbocycles. The number of thiophene rings is 1. The molecule has 14 rings (SSSR count). The maximum absolute atomic E-state index is 6.67. The molecule has 2 bridgehead atoms. The molecule has 0 N–H and O–H groups in total. The molecule has 56 heavy (non-hydrogen) atoms. The first-order chi connectivity index (χ1) is 27.7. The Balaban J connectivity index is 0.974. The predicted molar refractivity (Wildman–Crippen MR) is 229 cm³/mol. The van der Waals surface area contributed by atoms with Crippen LogP contribution in [0.5, 0.6) is 11.5 Å². The van der Waals surface area contributed by atoms with Gasteiger partial charge in [-0.1, -0.05) is 97.1 Å². The van der Waals surface area contributed by atoms with Gasteiger partial charge in [-0.25, -0.2) is 0 Å². The van der Waals surface area contributed by atoms with Crippen molar-refractivity contribution in [3.8, 4) is 22.6 Å². The Morgan fingerprint density at radius 2 is 1.16 bits per heavy atom. The molecule has 4 saturated carbocycles. The molecule has 268 valence electrons. The first-order valence-corrected chi connectivity index (χ1v) is 21.4. The molecule has 0 amide bonds. The van der Waals surface area contributed by atoms with E-state index in [-0.39, 0.29) is 0 Å². The van der Waals surface area contributed by atoms with Gasteiger partial charge in [0, 0.05) is 48.4 Å². The van der Waals surface area contributed by atoms with E-state index in [9.17, 15) is 0 Å². The third-order valence-electron chi connectivity index (χ3n) is 15.8. The minimum absolute atomic E-state index is 0.516. The summed E-state index contributed by atoms with van der Waals surface area (Å²) in [6.45, 7) is 0. The van der Waals surface area contributed by atoms with Crippen molar-refractivity contribution in [2.45, 2.75) is 37.0 Å². The zero-order valence-corrected chi connectivity index (χ0v) is 31.8. The number of hydrogen-bond donors (Lipinski definition) is 0. The summed E-state index contributed by atoms with van der Waals surface area (Å²) in [5.74, 6) is 6.55. The Hall–Kier alpha value is -5.64. The summed E-state index contributed by atoms with van der Waals surface area (Å²) in [7, 11) is 0. The van der Waals surface area contributed by atoms with E-state index in [4.69, 9.17) is 4.74 Å². The minimum Gasteiger partial charge on any atom is -0.457 e. The van der Waals surface area contributed by atoms with E-state index in [1.165, 1.54) is 96.3 Å². The van der Waals surface area contributed by atoms with Gasteiger partial charge >= 0.3 is 0 Å². The van der Waals surface area contributed by atoms with Gasteiger partial charge in [0.2, 0.25) is 0 Å². The first kappa shape index (κ1) is 30.6. The van der Waals surface area contributed by atoms with E-state index in [1.54, 1.807) is 5.56 Å². The van der Waals surface area contributed by atoms with Crippen LogP contribution in [0.4, 0.5) is 17.1 Å². The van der Waals surface area contributed by atoms with Gasteiger partial charge in [0.25, 0.3) is 0 Å². The van der Waals surface area contributed by atoms with E-state index in [0.29, 0.717) is 0 Å². The van der Waals surface area contributed by atoms with Crippen molar-refractivity contribution in [2.24, 2.45) is 29.1 Å². The molecule has 0 saturated heterocycles. The number of para-hydroxylation sites is 2. The standard InChI is InChI=1S/C53H39NOS/c1-3-11-43-37(9-1)38-23-21-36(29-47(38)53(43)44-12-4-6-14-48(44)55-49-15-7-5-13-45(49)53)54(35-22-24-51-41(28-35)39-10-2-8-16-50(39)56-51)34-19-17-31(18-20-34)42-30-52-32-25-33(52)27-46(52)40(42)26-32/h1-24,28-29,32-33,40,42,46H,25-27,30H2/t32-,33?,40?,42?,46-,52?/m0/s1. The lowest BCUT2D eigenvalue weighted by molar-refractivity contribution is -0.149. The molecule has 5 aliphatic carbocycles. The summed E-state index contributed by atoms with van der Waals surface area (Å²) in [6.07, 6.45) is 5.94. The zero-order chi connectivity index (χ0) is 36.3. The summed E-state index contributed by atoms with van der Waals surface area (Å²) in [5.41, 5.74) is 12.9. The molecular weight excluding hydrogens is 699 g/mol. The lowest BCUT2D eigenvalue weighted by atomic mass is 9.41. The molecule has 0 radical (unpaired) electrons. The van der Waals surface area contributed by atoms with E-state index in [0.717, 1.165) is 46.5 Å². The van der Waals surface area contributed by atoms with Crippen molar-refractivity contribution in [3.63, 3.8) is 0 Å². The van der Waals surface area contributed by atoms with Gasteiger partial charge in [-0.05, 0) is 149 Å². The minimum atomic E-state index is -0.516. The van der Waals surface area contributed by atoms with Gasteiger partial charge in [0.1, 0.15) is 11.5 Å². The molecule has 1 aromatic heterocycles. The van der Waals surface area contributed by atoms with Crippen LogP contribution in [0.3, 0.4) is 0 Å². The molecule has 8 aromatic rings. The summed E-state index contributed by atoms with van der Waals surface area (Å²) in [6, 6.07) is 59.4. The van der Waals surface area contributed by atoms with Gasteiger partial charge in [-0.3, -0.25) is 0 Å². The second kappa shape index (κ2) is 10.6. The highest BCUT2D eigenvalue weighted by Gasteiger charge is 2.76. The second-order valence-electron chi connectivity index (χ2n) is 17.6. The summed E-state index contributed by atoms with van der Waals surface area (Å²) in [4.78, 5) is 2.52. The molecular formula is C53H39NOS. The highest BCUT2D eigenvalue weighted by atomic mass is 32.1. The third-order valence-corrected chi connectivity index (χ3v) is 16.9. The number of nitrogens with zero attached hydrogens (tertiary/aromatic N) is 1. The van der Waals surface area contributed by atoms with Gasteiger partial charge in [0.05, 0.1) is 5.41 Å². The van der Waals surface area contributed by atoms with Crippen LogP contribution in [-0.4, -0.2) is 0 Å². The Labute approximate surface area is 331 Å². The molecule has 2 spiro atoms. The van der Waals surface area contributed by atoms with Gasteiger partial charge in [0.15, 0.2) is 0 Å².